The van der Waals surface area contributed by atoms with E-state index in [1.165, 1.54) is 0 Å². The zero-order valence-corrected chi connectivity index (χ0v) is 34.0. The first-order valence-electron chi connectivity index (χ1n) is 19.2. The van der Waals surface area contributed by atoms with E-state index in [4.69, 9.17) is 13.6 Å². The molecule has 1 aromatic carbocycles. The average molecular weight is 819 g/mol. The molecule has 1 aliphatic heterocycles. The SMILES string of the molecule is Cc1noc(C)c1-c1cnc2c([N+](=O)[O-])cn(Cc3ccccc3)c2c1.Cc1noc(C)c1-c1cnc2c(c1)CC=C2[N+](=O)[O-].Cc1noc(C)c1-c1cnc2c(c1)CC=N2. The van der Waals surface area contributed by atoms with Gasteiger partial charge < -0.3 is 18.1 Å². The van der Waals surface area contributed by atoms with E-state index in [1.807, 2.05) is 101 Å². The van der Waals surface area contributed by atoms with E-state index in [0.717, 1.165) is 90.9 Å². The highest BCUT2D eigenvalue weighted by molar-refractivity contribution is 5.89. The van der Waals surface area contributed by atoms with Gasteiger partial charge in [-0.25, -0.2) is 19.9 Å². The van der Waals surface area contributed by atoms with Gasteiger partial charge >= 0.3 is 5.69 Å². The van der Waals surface area contributed by atoms with Crippen LogP contribution in [0.5, 0.6) is 0 Å². The summed E-state index contributed by atoms with van der Waals surface area (Å²) >= 11 is 0. The molecule has 306 valence electrons. The third-order valence-corrected chi connectivity index (χ3v) is 10.4. The van der Waals surface area contributed by atoms with Crippen LogP contribution in [0.4, 0.5) is 11.5 Å². The Balaban J connectivity index is 0.000000131. The van der Waals surface area contributed by atoms with Crippen molar-refractivity contribution in [2.75, 3.05) is 0 Å². The van der Waals surface area contributed by atoms with Gasteiger partial charge in [-0.3, -0.25) is 20.2 Å². The van der Waals surface area contributed by atoms with Crippen molar-refractivity contribution < 1.29 is 23.4 Å². The molecular formula is C44H38N10O7. The molecule has 0 fully saturated rings. The fourth-order valence-electron chi connectivity index (χ4n) is 7.65. The Morgan fingerprint density at radius 3 is 1.79 bits per heavy atom. The second kappa shape index (κ2) is 16.4. The summed E-state index contributed by atoms with van der Waals surface area (Å²) in [6.45, 7) is 11.8. The minimum absolute atomic E-state index is 0.00115. The van der Waals surface area contributed by atoms with Crippen molar-refractivity contribution >= 4 is 34.5 Å². The van der Waals surface area contributed by atoms with E-state index >= 15 is 0 Å². The molecule has 0 N–H and O–H groups in total. The Bertz CT molecular complexity index is 2990. The molecule has 0 saturated carbocycles. The van der Waals surface area contributed by atoms with Crippen LogP contribution >= 0.6 is 0 Å². The van der Waals surface area contributed by atoms with Gasteiger partial charge in [0.15, 0.2) is 11.3 Å². The maximum Gasteiger partial charge on any atom is 0.312 e. The first-order valence-corrected chi connectivity index (χ1v) is 19.2. The van der Waals surface area contributed by atoms with Gasteiger partial charge in [0.2, 0.25) is 0 Å². The standard InChI is InChI=1S/C19H16N4O3.C13H11N3O3.C12H11N3O/c1-12-18(13(2)26-21-12)15-8-16-19(20-9-15)17(23(24)25)11-22(16)10-14-6-4-3-5-7-14;1-7-12(8(2)19-15-7)10-5-9-3-4-11(16(17)18)13(9)14-6-10;1-7-11(8(2)16-15-7)10-5-9-3-4-13-12(9)14-6-10/h3-9,11H,10H2,1-2H3;4-6H,3H2,1-2H3;4-6H,3H2,1-2H3. The van der Waals surface area contributed by atoms with E-state index in [2.05, 4.69) is 41.5 Å². The lowest BCUT2D eigenvalue weighted by molar-refractivity contribution is -0.383. The molecule has 7 aromatic heterocycles. The summed E-state index contributed by atoms with van der Waals surface area (Å²) in [6.07, 6.45) is 11.5. The van der Waals surface area contributed by atoms with E-state index < -0.39 is 9.85 Å². The van der Waals surface area contributed by atoms with Crippen LogP contribution in [0.15, 0.2) is 98.0 Å². The lowest BCUT2D eigenvalue weighted by Crippen LogP contribution is -1.99. The molecule has 1 aliphatic carbocycles. The third kappa shape index (κ3) is 7.83. The summed E-state index contributed by atoms with van der Waals surface area (Å²) in [4.78, 5) is 38.6. The van der Waals surface area contributed by atoms with Gasteiger partial charge in [0.25, 0.3) is 5.70 Å². The highest BCUT2D eigenvalue weighted by atomic mass is 16.6. The molecule has 17 nitrogen and oxygen atoms in total. The van der Waals surface area contributed by atoms with Crippen molar-refractivity contribution in [1.82, 2.24) is 35.0 Å². The molecule has 0 atom stereocenters. The van der Waals surface area contributed by atoms with E-state index in [1.54, 1.807) is 24.7 Å². The topological polar surface area (TPSA) is 220 Å². The van der Waals surface area contributed by atoms with Crippen molar-refractivity contribution in [2.24, 2.45) is 4.99 Å². The lowest BCUT2D eigenvalue weighted by atomic mass is 10.0. The van der Waals surface area contributed by atoms with Crippen molar-refractivity contribution in [2.45, 2.75) is 60.9 Å². The van der Waals surface area contributed by atoms with Crippen LogP contribution < -0.4 is 0 Å². The number of hydrogen-bond acceptors (Lipinski definition) is 14. The van der Waals surface area contributed by atoms with Crippen LogP contribution in [0.25, 0.3) is 50.1 Å². The predicted molar refractivity (Wildman–Crippen MR) is 226 cm³/mol. The average Bonchev–Trinajstić information content (AvgIpc) is 4.11. The van der Waals surface area contributed by atoms with Crippen LogP contribution in [-0.2, 0) is 19.4 Å². The van der Waals surface area contributed by atoms with Gasteiger partial charge in [-0.2, -0.15) is 0 Å². The maximum atomic E-state index is 11.4. The van der Waals surface area contributed by atoms with E-state index in [9.17, 15) is 20.2 Å². The van der Waals surface area contributed by atoms with Gasteiger partial charge in [-0.05, 0) is 77.3 Å². The maximum absolute atomic E-state index is 11.4. The molecule has 61 heavy (non-hydrogen) atoms. The normalized spacial score (nSPS) is 12.3. The largest absolute Gasteiger partial charge is 0.361 e. The monoisotopic (exact) mass is 818 g/mol. The summed E-state index contributed by atoms with van der Waals surface area (Å²) < 4.78 is 17.4. The van der Waals surface area contributed by atoms with Crippen LogP contribution in [0.2, 0.25) is 0 Å². The second-order valence-electron chi connectivity index (χ2n) is 14.6. The Morgan fingerprint density at radius 2 is 1.23 bits per heavy atom. The first-order chi connectivity index (χ1) is 29.4. The van der Waals surface area contributed by atoms with Gasteiger partial charge in [0.1, 0.15) is 23.0 Å². The summed E-state index contributed by atoms with van der Waals surface area (Å²) in [7, 11) is 0. The number of nitrogens with zero attached hydrogens (tertiary/aromatic N) is 10. The number of fused-ring (bicyclic) bond motifs is 3. The zero-order chi connectivity index (χ0) is 42.9. The smallest absolute Gasteiger partial charge is 0.312 e. The number of allylic oxidation sites excluding steroid dienone is 1. The van der Waals surface area contributed by atoms with Crippen LogP contribution in [0.1, 0.15) is 56.7 Å². The zero-order valence-electron chi connectivity index (χ0n) is 34.0. The molecule has 0 bridgehead atoms. The number of hydrogen-bond donors (Lipinski definition) is 0. The number of aryl methyl sites for hydroxylation is 6. The van der Waals surface area contributed by atoms with Crippen LogP contribution in [-0.4, -0.2) is 51.1 Å². The minimum atomic E-state index is -0.396. The van der Waals surface area contributed by atoms with Crippen LogP contribution in [0, 0.1) is 61.8 Å². The van der Waals surface area contributed by atoms with E-state index in [-0.39, 0.29) is 11.4 Å². The summed E-state index contributed by atoms with van der Waals surface area (Å²) in [5, 5.41) is 34.1. The van der Waals surface area contributed by atoms with E-state index in [0.29, 0.717) is 35.5 Å². The number of nitro groups is 2. The molecule has 0 spiro atoms. The molecule has 2 aliphatic rings. The van der Waals surface area contributed by atoms with Crippen molar-refractivity contribution in [3.63, 3.8) is 0 Å². The van der Waals surface area contributed by atoms with Gasteiger partial charge in [-0.15, -0.1) is 0 Å². The highest BCUT2D eigenvalue weighted by Gasteiger charge is 2.27. The van der Waals surface area contributed by atoms with Crippen LogP contribution in [0.3, 0.4) is 0 Å². The number of pyridine rings is 3. The Labute approximate surface area is 347 Å². The van der Waals surface area contributed by atoms with Gasteiger partial charge in [0, 0.05) is 82.8 Å². The Kier molecular flexibility index (Phi) is 10.7. The minimum Gasteiger partial charge on any atom is -0.361 e. The first kappa shape index (κ1) is 39.9. The molecular weight excluding hydrogens is 781 g/mol. The van der Waals surface area contributed by atoms with Gasteiger partial charge in [-0.1, -0.05) is 45.8 Å². The third-order valence-electron chi connectivity index (χ3n) is 10.4. The number of rotatable bonds is 7. The molecule has 8 aromatic rings. The predicted octanol–water partition coefficient (Wildman–Crippen LogP) is 9.40. The quantitative estimate of drug-likeness (QED) is 0.108. The highest BCUT2D eigenvalue weighted by Crippen LogP contribution is 2.35. The van der Waals surface area contributed by atoms with Crippen molar-refractivity contribution in [3.8, 4) is 33.4 Å². The fraction of sp³-hybridized carbons (Fsp3) is 0.205. The summed E-state index contributed by atoms with van der Waals surface area (Å²) in [5.41, 5.74) is 12.8. The fourth-order valence-corrected chi connectivity index (χ4v) is 7.65. The summed E-state index contributed by atoms with van der Waals surface area (Å²) in [5.74, 6) is 3.08. The number of benzene rings is 1. The van der Waals surface area contributed by atoms with Gasteiger partial charge in [0.05, 0.1) is 38.6 Å². The van der Waals surface area contributed by atoms with Crippen molar-refractivity contribution in [1.29, 1.82) is 0 Å². The van der Waals surface area contributed by atoms with Crippen molar-refractivity contribution in [3.05, 3.63) is 156 Å². The lowest BCUT2D eigenvalue weighted by Gasteiger charge is -2.06. The summed E-state index contributed by atoms with van der Waals surface area (Å²) in [6, 6.07) is 15.8. The molecule has 8 heterocycles. The molecule has 0 saturated heterocycles. The Morgan fingerprint density at radius 1 is 0.672 bits per heavy atom. The number of aromatic nitrogens is 7. The molecule has 0 amide bonds. The molecule has 0 radical (unpaired) electrons. The second-order valence-corrected chi connectivity index (χ2v) is 14.6. The number of aliphatic imine (C=N–C) groups is 1. The molecule has 17 heteroatoms. The Hall–Kier alpha value is -7.95. The molecule has 0 unspecified atom stereocenters. The molecule has 10 rings (SSSR count).